The lowest BCUT2D eigenvalue weighted by Gasteiger charge is -2.25. The number of halogens is 1. The summed E-state index contributed by atoms with van der Waals surface area (Å²) in [6.45, 7) is 1.94. The molecule has 0 aliphatic heterocycles. The van der Waals surface area contributed by atoms with Crippen LogP contribution in [0.5, 0.6) is 5.75 Å². The van der Waals surface area contributed by atoms with Crippen LogP contribution in [0.2, 0.25) is 5.02 Å². The molecule has 0 aromatic heterocycles. The number of aryl methyl sites for hydroxylation is 1. The Labute approximate surface area is 227 Å². The Balaban J connectivity index is 1.52. The minimum atomic E-state index is -3.89. The van der Waals surface area contributed by atoms with Gasteiger partial charge in [0.1, 0.15) is 5.75 Å². The Morgan fingerprint density at radius 1 is 0.974 bits per heavy atom. The number of hydrogen-bond acceptors (Lipinski definition) is 5. The first kappa shape index (κ1) is 26.9. The normalized spacial score (nSPS) is 11.3. The van der Waals surface area contributed by atoms with E-state index in [1.807, 2.05) is 25.1 Å². The molecule has 0 saturated carbocycles. The van der Waals surface area contributed by atoms with E-state index in [0.29, 0.717) is 27.6 Å². The lowest BCUT2D eigenvalue weighted by atomic mass is 10.1. The summed E-state index contributed by atoms with van der Waals surface area (Å²) in [5.74, 6) is 0.293. The number of nitrogens with one attached hydrogen (secondary N) is 1. The molecule has 4 rings (SSSR count). The topological polar surface area (TPSA) is 88.1 Å². The van der Waals surface area contributed by atoms with Crippen molar-refractivity contribution in [3.05, 3.63) is 124 Å². The number of carbonyl (C=O) groups is 1. The SMILES string of the molecule is COc1cccc(/C=N\NC(=O)c2ccc(CN(c3cccc(Cl)c3)S(=O)(=O)c3ccc(C)cc3)cc2)c1. The number of sulfonamides is 1. The fourth-order valence-corrected chi connectivity index (χ4v) is 5.29. The maximum Gasteiger partial charge on any atom is 0.271 e. The maximum atomic E-state index is 13.6. The van der Waals surface area contributed by atoms with Gasteiger partial charge in [0.15, 0.2) is 0 Å². The molecule has 4 aromatic carbocycles. The molecule has 0 aliphatic carbocycles. The molecule has 0 spiro atoms. The highest BCUT2D eigenvalue weighted by atomic mass is 35.5. The predicted molar refractivity (Wildman–Crippen MR) is 150 cm³/mol. The number of benzene rings is 4. The van der Waals surface area contributed by atoms with Gasteiger partial charge >= 0.3 is 0 Å². The van der Waals surface area contributed by atoms with Crippen molar-refractivity contribution in [3.63, 3.8) is 0 Å². The van der Waals surface area contributed by atoms with Crippen LogP contribution >= 0.6 is 11.6 Å². The van der Waals surface area contributed by atoms with Crippen molar-refractivity contribution in [2.45, 2.75) is 18.4 Å². The molecule has 7 nitrogen and oxygen atoms in total. The summed E-state index contributed by atoms with van der Waals surface area (Å²) in [6.07, 6.45) is 1.52. The molecule has 1 amide bonds. The molecule has 0 saturated heterocycles. The molecule has 0 fully saturated rings. The zero-order chi connectivity index (χ0) is 27.1. The molecule has 38 heavy (non-hydrogen) atoms. The minimum absolute atomic E-state index is 0.0481. The monoisotopic (exact) mass is 547 g/mol. The van der Waals surface area contributed by atoms with Crippen LogP contribution in [0.4, 0.5) is 5.69 Å². The first-order valence-corrected chi connectivity index (χ1v) is 13.5. The first-order chi connectivity index (χ1) is 18.3. The second-order valence-corrected chi connectivity index (χ2v) is 10.8. The van der Waals surface area contributed by atoms with E-state index in [1.54, 1.807) is 86.0 Å². The number of carbonyl (C=O) groups excluding carboxylic acids is 1. The van der Waals surface area contributed by atoms with Crippen molar-refractivity contribution in [2.24, 2.45) is 5.10 Å². The lowest BCUT2D eigenvalue weighted by Crippen LogP contribution is -2.30. The highest BCUT2D eigenvalue weighted by molar-refractivity contribution is 7.92. The Morgan fingerprint density at radius 3 is 2.37 bits per heavy atom. The second-order valence-electron chi connectivity index (χ2n) is 8.48. The Morgan fingerprint density at radius 2 is 1.68 bits per heavy atom. The Kier molecular flexibility index (Phi) is 8.45. The van der Waals surface area contributed by atoms with E-state index in [0.717, 1.165) is 11.1 Å². The van der Waals surface area contributed by atoms with Gasteiger partial charge in [-0.15, -0.1) is 0 Å². The molecular weight excluding hydrogens is 522 g/mol. The third-order valence-corrected chi connectivity index (χ3v) is 7.74. The Hall–Kier alpha value is -4.14. The number of hydrazone groups is 1. The van der Waals surface area contributed by atoms with Crippen molar-refractivity contribution in [3.8, 4) is 5.75 Å². The number of hydrogen-bond donors (Lipinski definition) is 1. The molecule has 0 unspecified atom stereocenters. The van der Waals surface area contributed by atoms with Gasteiger partial charge in [0.05, 0.1) is 30.5 Å². The van der Waals surface area contributed by atoms with Gasteiger partial charge in [0, 0.05) is 10.6 Å². The van der Waals surface area contributed by atoms with Crippen molar-refractivity contribution in [1.82, 2.24) is 5.43 Å². The maximum absolute atomic E-state index is 13.6. The van der Waals surface area contributed by atoms with Gasteiger partial charge in [0.2, 0.25) is 0 Å². The van der Waals surface area contributed by atoms with E-state index in [2.05, 4.69) is 10.5 Å². The highest BCUT2D eigenvalue weighted by Crippen LogP contribution is 2.28. The average Bonchev–Trinajstić information content (AvgIpc) is 2.92. The van der Waals surface area contributed by atoms with Crippen molar-refractivity contribution in [2.75, 3.05) is 11.4 Å². The van der Waals surface area contributed by atoms with Gasteiger partial charge in [0.25, 0.3) is 15.9 Å². The summed E-state index contributed by atoms with van der Waals surface area (Å²) in [4.78, 5) is 12.7. The van der Waals surface area contributed by atoms with Crippen LogP contribution in [0, 0.1) is 6.92 Å². The van der Waals surface area contributed by atoms with Crippen LogP contribution in [0.15, 0.2) is 107 Å². The molecule has 4 aromatic rings. The van der Waals surface area contributed by atoms with Crippen LogP contribution in [0.1, 0.15) is 27.0 Å². The molecule has 0 atom stereocenters. The van der Waals surface area contributed by atoms with Crippen LogP contribution in [0.25, 0.3) is 0 Å². The molecular formula is C29H26ClN3O4S. The predicted octanol–water partition coefficient (Wildman–Crippen LogP) is 5.82. The molecule has 0 heterocycles. The number of ether oxygens (including phenoxy) is 1. The van der Waals surface area contributed by atoms with Crippen molar-refractivity contribution < 1.29 is 17.9 Å². The molecule has 1 N–H and O–H groups in total. The van der Waals surface area contributed by atoms with Gasteiger partial charge in [-0.05, 0) is 72.6 Å². The number of nitrogens with zero attached hydrogens (tertiary/aromatic N) is 2. The molecule has 0 bridgehead atoms. The van der Waals surface area contributed by atoms with Crippen LogP contribution < -0.4 is 14.5 Å². The summed E-state index contributed by atoms with van der Waals surface area (Å²) >= 11 is 6.18. The second kappa shape index (κ2) is 11.9. The van der Waals surface area contributed by atoms with E-state index in [4.69, 9.17) is 16.3 Å². The largest absolute Gasteiger partial charge is 0.497 e. The van der Waals surface area contributed by atoms with E-state index in [-0.39, 0.29) is 11.4 Å². The van der Waals surface area contributed by atoms with Gasteiger partial charge in [-0.1, -0.05) is 59.6 Å². The van der Waals surface area contributed by atoms with Crippen LogP contribution in [0.3, 0.4) is 0 Å². The third kappa shape index (κ3) is 6.59. The Bertz CT molecular complexity index is 1550. The van der Waals surface area contributed by atoms with E-state index in [1.165, 1.54) is 10.5 Å². The summed E-state index contributed by atoms with van der Waals surface area (Å²) in [5, 5.41) is 4.43. The summed E-state index contributed by atoms with van der Waals surface area (Å²) < 4.78 is 33.7. The summed E-state index contributed by atoms with van der Waals surface area (Å²) in [6, 6.07) is 27.3. The highest BCUT2D eigenvalue weighted by Gasteiger charge is 2.25. The van der Waals surface area contributed by atoms with Crippen molar-refractivity contribution in [1.29, 1.82) is 0 Å². The number of rotatable bonds is 9. The fraction of sp³-hybridized carbons (Fsp3) is 0.103. The average molecular weight is 548 g/mol. The zero-order valence-electron chi connectivity index (χ0n) is 20.8. The quantitative estimate of drug-likeness (QED) is 0.211. The van der Waals surface area contributed by atoms with Gasteiger partial charge in [-0.3, -0.25) is 9.10 Å². The van der Waals surface area contributed by atoms with Crippen molar-refractivity contribution >= 4 is 39.4 Å². The smallest absolute Gasteiger partial charge is 0.271 e. The summed E-state index contributed by atoms with van der Waals surface area (Å²) in [5.41, 5.74) is 5.74. The van der Waals surface area contributed by atoms with E-state index in [9.17, 15) is 13.2 Å². The molecule has 0 aliphatic rings. The summed E-state index contributed by atoms with van der Waals surface area (Å²) in [7, 11) is -2.31. The minimum Gasteiger partial charge on any atom is -0.497 e. The van der Waals surface area contributed by atoms with E-state index >= 15 is 0 Å². The first-order valence-electron chi connectivity index (χ1n) is 11.7. The number of methoxy groups -OCH3 is 1. The molecule has 0 radical (unpaired) electrons. The zero-order valence-corrected chi connectivity index (χ0v) is 22.4. The third-order valence-electron chi connectivity index (χ3n) is 5.72. The standard InChI is InChI=1S/C29H26ClN3O4S/c1-21-9-15-28(16-10-21)38(35,36)33(26-7-4-6-25(30)18-26)20-22-11-13-24(14-12-22)29(34)32-31-19-23-5-3-8-27(17-23)37-2/h3-19H,20H2,1-2H3,(H,32,34)/b31-19-. The number of anilines is 1. The molecule has 194 valence electrons. The number of amides is 1. The molecule has 9 heteroatoms. The van der Waals surface area contributed by atoms with Crippen LogP contribution in [-0.4, -0.2) is 27.6 Å². The van der Waals surface area contributed by atoms with Gasteiger partial charge in [-0.2, -0.15) is 5.10 Å². The van der Waals surface area contributed by atoms with Crippen LogP contribution in [-0.2, 0) is 16.6 Å². The van der Waals surface area contributed by atoms with Gasteiger partial charge in [-0.25, -0.2) is 13.8 Å². The lowest BCUT2D eigenvalue weighted by molar-refractivity contribution is 0.0955. The fourth-order valence-electron chi connectivity index (χ4n) is 3.66. The van der Waals surface area contributed by atoms with Gasteiger partial charge < -0.3 is 4.74 Å². The van der Waals surface area contributed by atoms with E-state index < -0.39 is 15.9 Å².